The van der Waals surface area contributed by atoms with E-state index in [-0.39, 0.29) is 25.5 Å². The first-order chi connectivity index (χ1) is 9.02. The van der Waals surface area contributed by atoms with Crippen LogP contribution in [0, 0.1) is 0 Å². The lowest BCUT2D eigenvalue weighted by Gasteiger charge is -2.14. The first-order valence-corrected chi connectivity index (χ1v) is 6.08. The van der Waals surface area contributed by atoms with E-state index >= 15 is 0 Å². The Bertz CT molecular complexity index is 343. The summed E-state index contributed by atoms with van der Waals surface area (Å²) in [7, 11) is 1.34. The Morgan fingerprint density at radius 2 is 2.05 bits per heavy atom. The fourth-order valence-electron chi connectivity index (χ4n) is 1.37. The minimum Gasteiger partial charge on any atom is -0.480 e. The zero-order valence-electron chi connectivity index (χ0n) is 10.8. The van der Waals surface area contributed by atoms with Gasteiger partial charge in [-0.2, -0.15) is 0 Å². The lowest BCUT2D eigenvalue weighted by Crippen LogP contribution is -2.48. The van der Waals surface area contributed by atoms with E-state index < -0.39 is 18.0 Å². The lowest BCUT2D eigenvalue weighted by atomic mass is 10.3. The molecule has 0 heterocycles. The van der Waals surface area contributed by atoms with Crippen LogP contribution in [0.25, 0.3) is 0 Å². The molecule has 0 aliphatic heterocycles. The Balaban J connectivity index is 2.14. The number of urea groups is 1. The van der Waals surface area contributed by atoms with Crippen LogP contribution in [-0.2, 0) is 14.3 Å². The molecule has 1 fully saturated rings. The van der Waals surface area contributed by atoms with Crippen LogP contribution >= 0.6 is 0 Å². The van der Waals surface area contributed by atoms with Crippen LogP contribution in [0.15, 0.2) is 0 Å². The third kappa shape index (κ3) is 6.61. The number of carbonyl (C=O) groups is 3. The normalized spacial score (nSPS) is 15.4. The molecule has 1 rings (SSSR count). The largest absolute Gasteiger partial charge is 0.480 e. The summed E-state index contributed by atoms with van der Waals surface area (Å²) >= 11 is 0. The summed E-state index contributed by atoms with van der Waals surface area (Å²) in [5.74, 6) is -1.29. The highest BCUT2D eigenvalue weighted by molar-refractivity contribution is 5.83. The SMILES string of the molecule is COCC(NC(=O)NCCC(=O)NC1CC1)C(=O)O. The van der Waals surface area contributed by atoms with Crippen molar-refractivity contribution in [2.24, 2.45) is 0 Å². The van der Waals surface area contributed by atoms with E-state index in [9.17, 15) is 14.4 Å². The summed E-state index contributed by atoms with van der Waals surface area (Å²) in [6.45, 7) is 0.0363. The maximum absolute atomic E-state index is 11.4. The van der Waals surface area contributed by atoms with Gasteiger partial charge in [0.15, 0.2) is 6.04 Å². The standard InChI is InChI=1S/C11H19N3O5/c1-19-6-8(10(16)17)14-11(18)12-5-4-9(15)13-7-2-3-7/h7-8H,2-6H2,1H3,(H,13,15)(H,16,17)(H2,12,14,18). The number of ether oxygens (including phenoxy) is 1. The molecule has 0 saturated heterocycles. The van der Waals surface area contributed by atoms with E-state index in [0.717, 1.165) is 12.8 Å². The van der Waals surface area contributed by atoms with Crippen LogP contribution < -0.4 is 16.0 Å². The van der Waals surface area contributed by atoms with E-state index in [1.165, 1.54) is 7.11 Å². The third-order valence-corrected chi connectivity index (χ3v) is 2.52. The maximum atomic E-state index is 11.4. The number of carboxylic acids is 1. The van der Waals surface area contributed by atoms with Gasteiger partial charge >= 0.3 is 12.0 Å². The second-order valence-corrected chi connectivity index (χ2v) is 4.34. The van der Waals surface area contributed by atoms with Crippen LogP contribution in [0.1, 0.15) is 19.3 Å². The van der Waals surface area contributed by atoms with Crippen LogP contribution in [0.2, 0.25) is 0 Å². The molecule has 1 atom stereocenters. The molecule has 1 unspecified atom stereocenters. The highest BCUT2D eigenvalue weighted by Gasteiger charge is 2.23. The van der Waals surface area contributed by atoms with Gasteiger partial charge in [-0.15, -0.1) is 0 Å². The first kappa shape index (κ1) is 15.2. The van der Waals surface area contributed by atoms with Gasteiger partial charge in [0, 0.05) is 26.1 Å². The van der Waals surface area contributed by atoms with Gasteiger partial charge in [0.1, 0.15) is 0 Å². The molecule has 0 radical (unpaired) electrons. The number of nitrogens with one attached hydrogen (secondary N) is 3. The van der Waals surface area contributed by atoms with Crippen molar-refractivity contribution < 1.29 is 24.2 Å². The lowest BCUT2D eigenvalue weighted by molar-refractivity contribution is -0.140. The molecular formula is C11H19N3O5. The molecule has 4 N–H and O–H groups in total. The number of rotatable bonds is 8. The molecule has 0 aromatic carbocycles. The van der Waals surface area contributed by atoms with Crippen molar-refractivity contribution in [2.45, 2.75) is 31.3 Å². The van der Waals surface area contributed by atoms with Crippen molar-refractivity contribution in [3.63, 3.8) is 0 Å². The van der Waals surface area contributed by atoms with E-state index in [1.807, 2.05) is 0 Å². The summed E-state index contributed by atoms with van der Waals surface area (Å²) in [6.07, 6.45) is 2.19. The Morgan fingerprint density at radius 3 is 2.58 bits per heavy atom. The van der Waals surface area contributed by atoms with E-state index in [1.54, 1.807) is 0 Å². The molecule has 8 nitrogen and oxygen atoms in total. The van der Waals surface area contributed by atoms with Crippen molar-refractivity contribution in [2.75, 3.05) is 20.3 Å². The average Bonchev–Trinajstić information content (AvgIpc) is 3.12. The molecule has 0 aromatic rings. The minimum absolute atomic E-state index is 0.116. The van der Waals surface area contributed by atoms with Crippen molar-refractivity contribution in [1.82, 2.24) is 16.0 Å². The summed E-state index contributed by atoms with van der Waals surface area (Å²) in [5, 5.41) is 16.2. The topological polar surface area (TPSA) is 117 Å². The van der Waals surface area contributed by atoms with Crippen LogP contribution in [-0.4, -0.2) is 55.4 Å². The van der Waals surface area contributed by atoms with Crippen LogP contribution in [0.5, 0.6) is 0 Å². The number of aliphatic carboxylic acids is 1. The molecule has 3 amide bonds. The highest BCUT2D eigenvalue weighted by atomic mass is 16.5. The molecule has 0 bridgehead atoms. The smallest absolute Gasteiger partial charge is 0.328 e. The van der Waals surface area contributed by atoms with Gasteiger partial charge in [0.25, 0.3) is 0 Å². The summed E-state index contributed by atoms with van der Waals surface area (Å²) < 4.78 is 4.67. The summed E-state index contributed by atoms with van der Waals surface area (Å²) in [4.78, 5) is 33.4. The average molecular weight is 273 g/mol. The predicted octanol–water partition coefficient (Wildman–Crippen LogP) is -0.946. The predicted molar refractivity (Wildman–Crippen MR) is 65.6 cm³/mol. The zero-order chi connectivity index (χ0) is 14.3. The highest BCUT2D eigenvalue weighted by Crippen LogP contribution is 2.18. The van der Waals surface area contributed by atoms with Gasteiger partial charge in [-0.3, -0.25) is 4.79 Å². The fourth-order valence-corrected chi connectivity index (χ4v) is 1.37. The molecule has 108 valence electrons. The quantitative estimate of drug-likeness (QED) is 0.455. The van der Waals surface area contributed by atoms with Crippen molar-refractivity contribution in [1.29, 1.82) is 0 Å². The van der Waals surface area contributed by atoms with Crippen molar-refractivity contribution in [3.05, 3.63) is 0 Å². The van der Waals surface area contributed by atoms with Gasteiger partial charge in [-0.1, -0.05) is 0 Å². The number of hydrogen-bond acceptors (Lipinski definition) is 4. The molecule has 0 aromatic heterocycles. The number of hydrogen-bond donors (Lipinski definition) is 4. The Hall–Kier alpha value is -1.83. The van der Waals surface area contributed by atoms with Gasteiger partial charge < -0.3 is 25.8 Å². The Kier molecular flexibility index (Phi) is 6.07. The molecular weight excluding hydrogens is 254 g/mol. The van der Waals surface area contributed by atoms with Crippen molar-refractivity contribution >= 4 is 17.9 Å². The van der Waals surface area contributed by atoms with E-state index in [2.05, 4.69) is 20.7 Å². The Labute approximate surface area is 110 Å². The number of carbonyl (C=O) groups excluding carboxylic acids is 2. The Morgan fingerprint density at radius 1 is 1.37 bits per heavy atom. The molecule has 1 saturated carbocycles. The molecule has 19 heavy (non-hydrogen) atoms. The second-order valence-electron chi connectivity index (χ2n) is 4.34. The molecule has 1 aliphatic carbocycles. The molecule has 8 heteroatoms. The van der Waals surface area contributed by atoms with Crippen LogP contribution in [0.3, 0.4) is 0 Å². The number of methoxy groups -OCH3 is 1. The maximum Gasteiger partial charge on any atom is 0.328 e. The molecule has 1 aliphatic rings. The van der Waals surface area contributed by atoms with Gasteiger partial charge in [0.05, 0.1) is 6.61 Å². The zero-order valence-corrected chi connectivity index (χ0v) is 10.8. The van der Waals surface area contributed by atoms with Gasteiger partial charge in [0.2, 0.25) is 5.91 Å². The van der Waals surface area contributed by atoms with Crippen LogP contribution in [0.4, 0.5) is 4.79 Å². The van der Waals surface area contributed by atoms with Gasteiger partial charge in [-0.05, 0) is 12.8 Å². The molecule has 0 spiro atoms. The second kappa shape index (κ2) is 7.57. The minimum atomic E-state index is -1.18. The van der Waals surface area contributed by atoms with E-state index in [0.29, 0.717) is 6.04 Å². The monoisotopic (exact) mass is 273 g/mol. The number of carboxylic acid groups (broad SMARTS) is 1. The summed E-state index contributed by atoms with van der Waals surface area (Å²) in [6, 6.07) is -1.45. The number of amides is 3. The van der Waals surface area contributed by atoms with Crippen molar-refractivity contribution in [3.8, 4) is 0 Å². The fraction of sp³-hybridized carbons (Fsp3) is 0.727. The summed E-state index contributed by atoms with van der Waals surface area (Å²) in [5.41, 5.74) is 0. The van der Waals surface area contributed by atoms with E-state index in [4.69, 9.17) is 5.11 Å². The third-order valence-electron chi connectivity index (χ3n) is 2.52. The first-order valence-electron chi connectivity index (χ1n) is 6.08. The van der Waals surface area contributed by atoms with Gasteiger partial charge in [-0.25, -0.2) is 9.59 Å².